The maximum atomic E-state index is 6.22. The first-order valence-electron chi connectivity index (χ1n) is 17.7. The van der Waals surface area contributed by atoms with Crippen LogP contribution >= 0.6 is 0 Å². The number of rotatable bonds is 6. The molecule has 2 nitrogen and oxygen atoms in total. The molecule has 0 spiro atoms. The van der Waals surface area contributed by atoms with Gasteiger partial charge >= 0.3 is 0 Å². The Morgan fingerprint density at radius 2 is 0.788 bits per heavy atom. The molecular weight excluding hydrogens is 631 g/mol. The lowest BCUT2D eigenvalue weighted by Crippen LogP contribution is -2.10. The van der Waals surface area contributed by atoms with E-state index in [1.165, 1.54) is 54.9 Å². The van der Waals surface area contributed by atoms with Crippen molar-refractivity contribution in [3.63, 3.8) is 0 Å². The van der Waals surface area contributed by atoms with Gasteiger partial charge in [-0.3, -0.25) is 0 Å². The van der Waals surface area contributed by atoms with Crippen molar-refractivity contribution in [2.24, 2.45) is 0 Å². The van der Waals surface area contributed by atoms with Crippen LogP contribution in [0.3, 0.4) is 0 Å². The van der Waals surface area contributed by atoms with Crippen LogP contribution in [-0.2, 0) is 0 Å². The molecule has 2 heteroatoms. The van der Waals surface area contributed by atoms with Crippen molar-refractivity contribution < 1.29 is 4.42 Å². The Bertz CT molecular complexity index is 2900. The maximum Gasteiger partial charge on any atom is 0.135 e. The van der Waals surface area contributed by atoms with Gasteiger partial charge in [0.1, 0.15) is 11.2 Å². The van der Waals surface area contributed by atoms with Crippen LogP contribution in [0.1, 0.15) is 0 Å². The third-order valence-electron chi connectivity index (χ3n) is 10.2. The van der Waals surface area contributed by atoms with Gasteiger partial charge in [0.05, 0.1) is 0 Å². The molecule has 52 heavy (non-hydrogen) atoms. The van der Waals surface area contributed by atoms with Gasteiger partial charge in [0.15, 0.2) is 0 Å². The average Bonchev–Trinajstić information content (AvgIpc) is 3.59. The van der Waals surface area contributed by atoms with E-state index < -0.39 is 0 Å². The van der Waals surface area contributed by atoms with Crippen LogP contribution in [0.5, 0.6) is 0 Å². The minimum atomic E-state index is 0.887. The first-order valence-corrected chi connectivity index (χ1v) is 17.7. The second-order valence-corrected chi connectivity index (χ2v) is 13.4. The normalized spacial score (nSPS) is 11.5. The predicted molar refractivity (Wildman–Crippen MR) is 220 cm³/mol. The molecule has 1 aromatic heterocycles. The van der Waals surface area contributed by atoms with Gasteiger partial charge in [0, 0.05) is 27.8 Å². The molecule has 244 valence electrons. The minimum Gasteiger partial charge on any atom is -0.456 e. The van der Waals surface area contributed by atoms with Crippen LogP contribution in [0.2, 0.25) is 0 Å². The minimum absolute atomic E-state index is 0.887. The monoisotopic (exact) mass is 663 g/mol. The Balaban J connectivity index is 1.07. The molecule has 0 atom stereocenters. The number of benzene rings is 9. The van der Waals surface area contributed by atoms with Gasteiger partial charge in [-0.1, -0.05) is 140 Å². The Labute approximate surface area is 302 Å². The van der Waals surface area contributed by atoms with Crippen molar-refractivity contribution in [1.29, 1.82) is 0 Å². The Morgan fingerprint density at radius 3 is 1.60 bits per heavy atom. The van der Waals surface area contributed by atoms with Gasteiger partial charge in [-0.25, -0.2) is 0 Å². The largest absolute Gasteiger partial charge is 0.456 e. The molecule has 0 fully saturated rings. The van der Waals surface area contributed by atoms with Crippen molar-refractivity contribution in [3.8, 4) is 33.4 Å². The smallest absolute Gasteiger partial charge is 0.135 e. The molecule has 0 amide bonds. The van der Waals surface area contributed by atoms with Crippen molar-refractivity contribution in [3.05, 3.63) is 200 Å². The summed E-state index contributed by atoms with van der Waals surface area (Å²) in [4.78, 5) is 2.36. The van der Waals surface area contributed by atoms with E-state index in [0.717, 1.165) is 39.0 Å². The zero-order valence-corrected chi connectivity index (χ0v) is 28.4. The number of hydrogen-bond donors (Lipinski definition) is 0. The summed E-state index contributed by atoms with van der Waals surface area (Å²) < 4.78 is 6.22. The quantitative estimate of drug-likeness (QED) is 0.176. The molecule has 10 aromatic rings. The van der Waals surface area contributed by atoms with Gasteiger partial charge < -0.3 is 9.32 Å². The molecule has 0 unspecified atom stereocenters. The van der Waals surface area contributed by atoms with Crippen LogP contribution in [-0.4, -0.2) is 0 Å². The fourth-order valence-electron chi connectivity index (χ4n) is 7.53. The number of para-hydroxylation sites is 1. The number of furan rings is 1. The zero-order chi connectivity index (χ0) is 34.4. The van der Waals surface area contributed by atoms with Gasteiger partial charge in [0.25, 0.3) is 0 Å². The van der Waals surface area contributed by atoms with Crippen LogP contribution < -0.4 is 4.90 Å². The molecule has 0 N–H and O–H groups in total. The molecule has 10 rings (SSSR count). The Morgan fingerprint density at radius 1 is 0.269 bits per heavy atom. The van der Waals surface area contributed by atoms with Crippen LogP contribution in [0, 0.1) is 0 Å². The lowest BCUT2D eigenvalue weighted by atomic mass is 9.97. The topological polar surface area (TPSA) is 16.4 Å². The third kappa shape index (κ3) is 5.39. The summed E-state index contributed by atoms with van der Waals surface area (Å²) in [6.07, 6.45) is 0. The molecule has 0 aliphatic rings. The SMILES string of the molecule is c1ccc(-c2cccc(N(c3ccc4ccc(-c5ccc(-c6ccc7ccccc7c6)cc5)cc4c3)c3ccc4oc5ccccc5c4c3)c2)cc1. The van der Waals surface area contributed by atoms with E-state index in [1.54, 1.807) is 0 Å². The molecule has 9 aromatic carbocycles. The highest BCUT2D eigenvalue weighted by Crippen LogP contribution is 2.41. The molecule has 0 aliphatic heterocycles. The summed E-state index contributed by atoms with van der Waals surface area (Å²) >= 11 is 0. The van der Waals surface area contributed by atoms with Crippen LogP contribution in [0.15, 0.2) is 205 Å². The number of anilines is 3. The first-order chi connectivity index (χ1) is 25.7. The summed E-state index contributed by atoms with van der Waals surface area (Å²) in [7, 11) is 0. The fraction of sp³-hybridized carbons (Fsp3) is 0. The van der Waals surface area contributed by atoms with Crippen molar-refractivity contribution in [2.45, 2.75) is 0 Å². The third-order valence-corrected chi connectivity index (χ3v) is 10.2. The van der Waals surface area contributed by atoms with Gasteiger partial charge in [-0.2, -0.15) is 0 Å². The van der Waals surface area contributed by atoms with E-state index in [9.17, 15) is 0 Å². The summed E-state index contributed by atoms with van der Waals surface area (Å²) in [5.74, 6) is 0. The van der Waals surface area contributed by atoms with Crippen molar-refractivity contribution in [2.75, 3.05) is 4.90 Å². The highest BCUT2D eigenvalue weighted by molar-refractivity contribution is 6.06. The maximum absolute atomic E-state index is 6.22. The first kappa shape index (κ1) is 30.0. The summed E-state index contributed by atoms with van der Waals surface area (Å²) in [6, 6.07) is 71.9. The summed E-state index contributed by atoms with van der Waals surface area (Å²) in [6.45, 7) is 0. The number of hydrogen-bond acceptors (Lipinski definition) is 2. The van der Waals surface area contributed by atoms with E-state index in [0.29, 0.717) is 0 Å². The summed E-state index contributed by atoms with van der Waals surface area (Å²) in [5.41, 5.74) is 12.2. The molecule has 1 heterocycles. The van der Waals surface area contributed by atoms with E-state index in [2.05, 4.69) is 193 Å². The molecule has 0 radical (unpaired) electrons. The van der Waals surface area contributed by atoms with Gasteiger partial charge in [0.2, 0.25) is 0 Å². The standard InChI is InChI=1S/C50H33NO/c1-2-9-34(10-3-1)40-13-8-14-44(31-40)51(46-27-28-50-48(33-46)47-15-6-7-16-49(47)52-50)45-26-25-38-22-24-42(30-43(38)32-45)37-19-17-36(18-20-37)41-23-21-35-11-4-5-12-39(35)29-41/h1-33H. The number of nitrogens with zero attached hydrogens (tertiary/aromatic N) is 1. The Kier molecular flexibility index (Phi) is 7.18. The van der Waals surface area contributed by atoms with Crippen LogP contribution in [0.25, 0.3) is 76.9 Å². The summed E-state index contributed by atoms with van der Waals surface area (Å²) in [5, 5.41) is 7.13. The zero-order valence-electron chi connectivity index (χ0n) is 28.4. The van der Waals surface area contributed by atoms with E-state index in [1.807, 2.05) is 12.1 Å². The average molecular weight is 664 g/mol. The highest BCUT2D eigenvalue weighted by atomic mass is 16.3. The second kappa shape index (κ2) is 12.5. The van der Waals surface area contributed by atoms with Crippen LogP contribution in [0.4, 0.5) is 17.1 Å². The van der Waals surface area contributed by atoms with Gasteiger partial charge in [-0.05, 0) is 116 Å². The van der Waals surface area contributed by atoms with Gasteiger partial charge in [-0.15, -0.1) is 0 Å². The lowest BCUT2D eigenvalue weighted by Gasteiger charge is -2.26. The fourth-order valence-corrected chi connectivity index (χ4v) is 7.53. The number of fused-ring (bicyclic) bond motifs is 5. The molecule has 0 saturated heterocycles. The van der Waals surface area contributed by atoms with E-state index in [-0.39, 0.29) is 0 Å². The molecular formula is C50H33NO. The molecule has 0 aliphatic carbocycles. The van der Waals surface area contributed by atoms with Crippen molar-refractivity contribution >= 4 is 60.5 Å². The lowest BCUT2D eigenvalue weighted by molar-refractivity contribution is 0.669. The second-order valence-electron chi connectivity index (χ2n) is 13.4. The molecule has 0 saturated carbocycles. The highest BCUT2D eigenvalue weighted by Gasteiger charge is 2.17. The van der Waals surface area contributed by atoms with E-state index in [4.69, 9.17) is 4.42 Å². The van der Waals surface area contributed by atoms with Crippen molar-refractivity contribution in [1.82, 2.24) is 0 Å². The Hall–Kier alpha value is -6.90. The van der Waals surface area contributed by atoms with E-state index >= 15 is 0 Å². The molecule has 0 bridgehead atoms. The predicted octanol–water partition coefficient (Wildman–Crippen LogP) is 14.4.